The summed E-state index contributed by atoms with van der Waals surface area (Å²) < 4.78 is 2.00. The Morgan fingerprint density at radius 1 is 1.30 bits per heavy atom. The van der Waals surface area contributed by atoms with Crippen molar-refractivity contribution >= 4 is 5.96 Å². The molecule has 2 N–H and O–H groups in total. The molecule has 2 aliphatic rings. The summed E-state index contributed by atoms with van der Waals surface area (Å²) in [5, 5.41) is 11.2. The lowest BCUT2D eigenvalue weighted by molar-refractivity contribution is 0.392. The van der Waals surface area contributed by atoms with Crippen LogP contribution in [0.2, 0.25) is 0 Å². The van der Waals surface area contributed by atoms with E-state index in [4.69, 9.17) is 0 Å². The average molecular weight is 318 g/mol. The Labute approximate surface area is 139 Å². The first-order chi connectivity index (χ1) is 11.3. The van der Waals surface area contributed by atoms with Crippen molar-refractivity contribution in [1.82, 2.24) is 25.4 Å². The maximum atomic E-state index is 4.35. The van der Waals surface area contributed by atoms with E-state index in [0.717, 1.165) is 43.6 Å². The summed E-state index contributed by atoms with van der Waals surface area (Å²) in [7, 11) is 1.84. The first kappa shape index (κ1) is 16.3. The topological polar surface area (TPSA) is 67.1 Å². The summed E-state index contributed by atoms with van der Waals surface area (Å²) in [4.78, 5) is 8.62. The molecule has 0 spiro atoms. The van der Waals surface area contributed by atoms with Crippen molar-refractivity contribution in [1.29, 1.82) is 0 Å². The van der Waals surface area contributed by atoms with Gasteiger partial charge in [-0.3, -0.25) is 4.99 Å². The van der Waals surface area contributed by atoms with Gasteiger partial charge in [-0.05, 0) is 18.8 Å². The van der Waals surface area contributed by atoms with Crippen molar-refractivity contribution < 1.29 is 0 Å². The lowest BCUT2D eigenvalue weighted by atomic mass is 10.0. The van der Waals surface area contributed by atoms with Gasteiger partial charge in [0.25, 0.3) is 0 Å². The molecule has 6 nitrogen and oxygen atoms in total. The van der Waals surface area contributed by atoms with Crippen molar-refractivity contribution in [3.63, 3.8) is 0 Å². The van der Waals surface area contributed by atoms with E-state index in [9.17, 15) is 0 Å². The molecular formula is C17H30N6. The second-order valence-corrected chi connectivity index (χ2v) is 6.88. The highest BCUT2D eigenvalue weighted by Crippen LogP contribution is 2.28. The van der Waals surface area contributed by atoms with Crippen LogP contribution in [0.1, 0.15) is 57.2 Å². The molecule has 23 heavy (non-hydrogen) atoms. The highest BCUT2D eigenvalue weighted by molar-refractivity contribution is 5.79. The van der Waals surface area contributed by atoms with Gasteiger partial charge in [-0.25, -0.2) is 9.67 Å². The number of hydrogen-bond acceptors (Lipinski definition) is 3. The van der Waals surface area contributed by atoms with E-state index in [1.807, 2.05) is 11.7 Å². The maximum absolute atomic E-state index is 4.35. The standard InChI is InChI=1S/C17H30N6/c1-18-17(19-11-5-4-8-14-6-2-3-7-14)22-15-9-10-16-20-13-21-23(16)12-15/h13-15H,2-12H2,1H3,(H2,18,19,22). The smallest absolute Gasteiger partial charge is 0.191 e. The van der Waals surface area contributed by atoms with Crippen LogP contribution in [-0.4, -0.2) is 40.4 Å². The zero-order valence-electron chi connectivity index (χ0n) is 14.3. The van der Waals surface area contributed by atoms with Gasteiger partial charge in [-0.2, -0.15) is 5.10 Å². The Morgan fingerprint density at radius 3 is 3.00 bits per heavy atom. The fraction of sp³-hybridized carbons (Fsp3) is 0.824. The molecule has 1 saturated carbocycles. The maximum Gasteiger partial charge on any atom is 0.191 e. The Morgan fingerprint density at radius 2 is 2.17 bits per heavy atom. The number of aliphatic imine (C=N–C) groups is 1. The minimum Gasteiger partial charge on any atom is -0.356 e. The number of guanidine groups is 1. The van der Waals surface area contributed by atoms with Gasteiger partial charge >= 0.3 is 0 Å². The lowest BCUT2D eigenvalue weighted by Gasteiger charge is -2.25. The molecule has 0 aromatic carbocycles. The van der Waals surface area contributed by atoms with Gasteiger partial charge in [-0.15, -0.1) is 0 Å². The number of nitrogens with zero attached hydrogens (tertiary/aromatic N) is 4. The Balaban J connectivity index is 1.32. The number of unbranched alkanes of at least 4 members (excludes halogenated alkanes) is 1. The fourth-order valence-electron chi connectivity index (χ4n) is 3.81. The molecule has 0 bridgehead atoms. The molecule has 128 valence electrons. The molecule has 3 rings (SSSR count). The summed E-state index contributed by atoms with van der Waals surface area (Å²) in [5.74, 6) is 3.02. The molecule has 1 aliphatic carbocycles. The van der Waals surface area contributed by atoms with Crippen LogP contribution in [0.3, 0.4) is 0 Å². The summed E-state index contributed by atoms with van der Waals surface area (Å²) in [6.45, 7) is 1.88. The zero-order valence-corrected chi connectivity index (χ0v) is 14.3. The molecule has 1 aliphatic heterocycles. The molecule has 6 heteroatoms. The van der Waals surface area contributed by atoms with Crippen LogP contribution >= 0.6 is 0 Å². The summed E-state index contributed by atoms with van der Waals surface area (Å²) >= 11 is 0. The van der Waals surface area contributed by atoms with E-state index in [0.29, 0.717) is 6.04 Å². The molecule has 1 unspecified atom stereocenters. The van der Waals surface area contributed by atoms with Gasteiger partial charge in [-0.1, -0.05) is 38.5 Å². The van der Waals surface area contributed by atoms with Gasteiger partial charge in [0.15, 0.2) is 5.96 Å². The van der Waals surface area contributed by atoms with Gasteiger partial charge in [0.2, 0.25) is 0 Å². The van der Waals surface area contributed by atoms with E-state index in [1.54, 1.807) is 6.33 Å². The SMILES string of the molecule is CN=C(NCCCCC1CCCC1)NC1CCc2ncnn2C1. The normalized spacial score (nSPS) is 22.1. The van der Waals surface area contributed by atoms with E-state index in [2.05, 4.69) is 25.7 Å². The third-order valence-electron chi connectivity index (χ3n) is 5.18. The number of rotatable bonds is 6. The fourth-order valence-corrected chi connectivity index (χ4v) is 3.81. The van der Waals surface area contributed by atoms with Gasteiger partial charge in [0, 0.05) is 26.1 Å². The molecule has 2 heterocycles. The molecule has 1 fully saturated rings. The predicted molar refractivity (Wildman–Crippen MR) is 92.4 cm³/mol. The zero-order chi connectivity index (χ0) is 15.9. The van der Waals surface area contributed by atoms with Crippen molar-refractivity contribution in [2.45, 2.75) is 70.4 Å². The minimum atomic E-state index is 0.383. The van der Waals surface area contributed by atoms with Crippen LogP contribution in [0.25, 0.3) is 0 Å². The third kappa shape index (κ3) is 4.69. The highest BCUT2D eigenvalue weighted by atomic mass is 15.4. The van der Waals surface area contributed by atoms with Gasteiger partial charge in [0.1, 0.15) is 12.2 Å². The second kappa shape index (κ2) is 8.31. The molecule has 1 atom stereocenters. The van der Waals surface area contributed by atoms with E-state index < -0.39 is 0 Å². The number of aromatic nitrogens is 3. The van der Waals surface area contributed by atoms with Crippen molar-refractivity contribution in [3.05, 3.63) is 12.2 Å². The quantitative estimate of drug-likeness (QED) is 0.479. The number of aryl methyl sites for hydroxylation is 1. The Kier molecular flexibility index (Phi) is 5.88. The molecule has 0 amide bonds. The van der Waals surface area contributed by atoms with Crippen molar-refractivity contribution in [2.24, 2.45) is 10.9 Å². The number of hydrogen-bond donors (Lipinski definition) is 2. The second-order valence-electron chi connectivity index (χ2n) is 6.88. The molecular weight excluding hydrogens is 288 g/mol. The summed E-state index contributed by atoms with van der Waals surface area (Å²) in [6, 6.07) is 0.383. The van der Waals surface area contributed by atoms with Gasteiger partial charge < -0.3 is 10.6 Å². The lowest BCUT2D eigenvalue weighted by Crippen LogP contribution is -2.47. The molecule has 1 aromatic rings. The van der Waals surface area contributed by atoms with E-state index >= 15 is 0 Å². The largest absolute Gasteiger partial charge is 0.356 e. The Bertz CT molecular complexity index is 503. The minimum absolute atomic E-state index is 0.383. The molecule has 0 radical (unpaired) electrons. The monoisotopic (exact) mass is 318 g/mol. The van der Waals surface area contributed by atoms with Crippen LogP contribution in [0.15, 0.2) is 11.3 Å². The van der Waals surface area contributed by atoms with Crippen molar-refractivity contribution in [3.8, 4) is 0 Å². The molecule has 0 saturated heterocycles. The first-order valence-corrected chi connectivity index (χ1v) is 9.19. The third-order valence-corrected chi connectivity index (χ3v) is 5.18. The van der Waals surface area contributed by atoms with Crippen molar-refractivity contribution in [2.75, 3.05) is 13.6 Å². The van der Waals surface area contributed by atoms with Crippen LogP contribution in [0.5, 0.6) is 0 Å². The Hall–Kier alpha value is -1.59. The van der Waals surface area contributed by atoms with E-state index in [1.165, 1.54) is 44.9 Å². The van der Waals surface area contributed by atoms with Crippen LogP contribution in [-0.2, 0) is 13.0 Å². The first-order valence-electron chi connectivity index (χ1n) is 9.19. The average Bonchev–Trinajstić information content (AvgIpc) is 3.24. The van der Waals surface area contributed by atoms with Gasteiger partial charge in [0.05, 0.1) is 6.54 Å². The summed E-state index contributed by atoms with van der Waals surface area (Å²) in [5.41, 5.74) is 0. The number of fused-ring (bicyclic) bond motifs is 1. The van der Waals surface area contributed by atoms with E-state index in [-0.39, 0.29) is 0 Å². The predicted octanol–water partition coefficient (Wildman–Crippen LogP) is 2.12. The van der Waals surface area contributed by atoms with Crippen LogP contribution in [0.4, 0.5) is 0 Å². The number of nitrogens with one attached hydrogen (secondary N) is 2. The van der Waals surface area contributed by atoms with Crippen LogP contribution < -0.4 is 10.6 Å². The van der Waals surface area contributed by atoms with Crippen LogP contribution in [0, 0.1) is 5.92 Å². The summed E-state index contributed by atoms with van der Waals surface area (Å²) in [6.07, 6.45) is 13.5. The highest BCUT2D eigenvalue weighted by Gasteiger charge is 2.20. The molecule has 1 aromatic heterocycles.